The molecular formula is C26H29O6P. The molecule has 1 atom stereocenters. The summed E-state index contributed by atoms with van der Waals surface area (Å²) in [5.74, 6) is 0.251. The molecule has 3 aromatic rings. The Bertz CT molecular complexity index is 1130. The van der Waals surface area contributed by atoms with E-state index in [-0.39, 0.29) is 22.9 Å². The van der Waals surface area contributed by atoms with Crippen LogP contribution in [0.1, 0.15) is 45.7 Å². The summed E-state index contributed by atoms with van der Waals surface area (Å²) >= 11 is 0. The third kappa shape index (κ3) is 6.47. The Hall–Kier alpha value is -3.08. The molecule has 0 aliphatic heterocycles. The molecule has 6 nitrogen and oxygen atoms in total. The Morgan fingerprint density at radius 3 is 1.61 bits per heavy atom. The molecule has 0 fully saturated rings. The molecule has 0 aliphatic carbocycles. The smallest absolute Gasteiger partial charge is 0.426 e. The van der Waals surface area contributed by atoms with E-state index in [0.29, 0.717) is 5.75 Å². The van der Waals surface area contributed by atoms with Crippen molar-refractivity contribution < 1.29 is 28.0 Å². The van der Waals surface area contributed by atoms with Crippen molar-refractivity contribution in [1.82, 2.24) is 0 Å². The molecule has 0 heterocycles. The first-order valence-electron chi connectivity index (χ1n) is 10.6. The Morgan fingerprint density at radius 1 is 0.697 bits per heavy atom. The highest BCUT2D eigenvalue weighted by Crippen LogP contribution is 2.45. The number of hydrogen-bond acceptors (Lipinski definition) is 5. The molecule has 174 valence electrons. The van der Waals surface area contributed by atoms with Gasteiger partial charge in [0.25, 0.3) is 0 Å². The molecule has 0 bridgehead atoms. The van der Waals surface area contributed by atoms with Gasteiger partial charge in [-0.3, -0.25) is 9.69 Å². The highest BCUT2D eigenvalue weighted by molar-refractivity contribution is 7.48. The molecule has 0 aromatic heterocycles. The van der Waals surface area contributed by atoms with E-state index >= 15 is 0 Å². The standard InChI is InChI=1S/C26H29O6P/c1-25(2,3)24(27)30-21-15-17-23(18-16-21)32-33(28,29)31-22-13-11-20(12-14-22)26(4,5)19-9-7-6-8-10-19/h6-18H,1-5H3,(H,28,29). The Balaban J connectivity index is 1.65. The number of benzene rings is 3. The van der Waals surface area contributed by atoms with Crippen LogP contribution in [0.3, 0.4) is 0 Å². The lowest BCUT2D eigenvalue weighted by molar-refractivity contribution is -0.143. The molecule has 0 spiro atoms. The molecule has 3 rings (SSSR count). The molecule has 0 saturated carbocycles. The van der Waals surface area contributed by atoms with Crippen LogP contribution in [0.15, 0.2) is 78.9 Å². The maximum atomic E-state index is 12.5. The quantitative estimate of drug-likeness (QED) is 0.241. The van der Waals surface area contributed by atoms with Crippen LogP contribution in [0.5, 0.6) is 17.2 Å². The monoisotopic (exact) mass is 468 g/mol. The zero-order valence-electron chi connectivity index (χ0n) is 19.4. The predicted molar refractivity (Wildman–Crippen MR) is 128 cm³/mol. The van der Waals surface area contributed by atoms with Gasteiger partial charge in [0.15, 0.2) is 0 Å². The Labute approximate surface area is 194 Å². The van der Waals surface area contributed by atoms with E-state index in [1.165, 1.54) is 24.3 Å². The zero-order valence-corrected chi connectivity index (χ0v) is 20.3. The highest BCUT2D eigenvalue weighted by atomic mass is 31.2. The van der Waals surface area contributed by atoms with Crippen molar-refractivity contribution in [2.75, 3.05) is 0 Å². The average molecular weight is 468 g/mol. The third-order valence-electron chi connectivity index (χ3n) is 5.16. The largest absolute Gasteiger partial charge is 0.584 e. The molecule has 0 amide bonds. The molecule has 0 radical (unpaired) electrons. The molecule has 1 unspecified atom stereocenters. The lowest BCUT2D eigenvalue weighted by Gasteiger charge is -2.26. The van der Waals surface area contributed by atoms with Crippen molar-refractivity contribution in [3.05, 3.63) is 90.0 Å². The normalized spacial score (nSPS) is 13.6. The number of carbonyl (C=O) groups is 1. The first kappa shape index (κ1) is 24.6. The van der Waals surface area contributed by atoms with Gasteiger partial charge in [-0.2, -0.15) is 0 Å². The van der Waals surface area contributed by atoms with Crippen LogP contribution in [0.4, 0.5) is 0 Å². The number of ether oxygens (including phenoxy) is 1. The van der Waals surface area contributed by atoms with E-state index in [2.05, 4.69) is 26.0 Å². The van der Waals surface area contributed by atoms with Crippen molar-refractivity contribution in [1.29, 1.82) is 0 Å². The minimum Gasteiger partial charge on any atom is -0.426 e. The number of phosphoric acid groups is 1. The highest BCUT2D eigenvalue weighted by Gasteiger charge is 2.27. The van der Waals surface area contributed by atoms with Crippen molar-refractivity contribution in [2.24, 2.45) is 5.41 Å². The second-order valence-corrected chi connectivity index (χ2v) is 10.6. The van der Waals surface area contributed by atoms with Crippen LogP contribution >= 0.6 is 7.82 Å². The summed E-state index contributed by atoms with van der Waals surface area (Å²) < 4.78 is 28.1. The minimum absolute atomic E-state index is 0.109. The molecule has 1 N–H and O–H groups in total. The molecule has 0 saturated heterocycles. The third-order valence-corrected chi connectivity index (χ3v) is 6.04. The van der Waals surface area contributed by atoms with Gasteiger partial charge >= 0.3 is 13.8 Å². The first-order valence-corrected chi connectivity index (χ1v) is 12.1. The van der Waals surface area contributed by atoms with Crippen LogP contribution in [-0.2, 0) is 14.8 Å². The summed E-state index contributed by atoms with van der Waals surface area (Å²) in [4.78, 5) is 22.1. The van der Waals surface area contributed by atoms with Gasteiger partial charge in [-0.05, 0) is 68.3 Å². The fourth-order valence-corrected chi connectivity index (χ4v) is 3.88. The fraction of sp³-hybridized carbons (Fsp3) is 0.269. The first-order chi connectivity index (χ1) is 15.4. The summed E-state index contributed by atoms with van der Waals surface area (Å²) in [6.07, 6.45) is 0. The maximum absolute atomic E-state index is 12.5. The van der Waals surface area contributed by atoms with Crippen molar-refractivity contribution in [3.63, 3.8) is 0 Å². The van der Waals surface area contributed by atoms with Crippen molar-refractivity contribution in [2.45, 2.75) is 40.0 Å². The van der Waals surface area contributed by atoms with E-state index in [1.807, 2.05) is 30.3 Å². The minimum atomic E-state index is -4.43. The molecule has 7 heteroatoms. The molecular weight excluding hydrogens is 439 g/mol. The van der Waals surface area contributed by atoms with Crippen LogP contribution in [0.25, 0.3) is 0 Å². The van der Waals surface area contributed by atoms with Crippen molar-refractivity contribution in [3.8, 4) is 17.2 Å². The van der Waals surface area contributed by atoms with Crippen LogP contribution in [0.2, 0.25) is 0 Å². The second-order valence-electron chi connectivity index (χ2n) is 9.28. The summed E-state index contributed by atoms with van der Waals surface area (Å²) in [6, 6.07) is 22.9. The van der Waals surface area contributed by atoms with E-state index in [4.69, 9.17) is 13.8 Å². The van der Waals surface area contributed by atoms with Crippen molar-refractivity contribution >= 4 is 13.8 Å². The second kappa shape index (κ2) is 9.42. The average Bonchev–Trinajstić information content (AvgIpc) is 2.75. The van der Waals surface area contributed by atoms with Gasteiger partial charge in [-0.1, -0.05) is 56.3 Å². The van der Waals surface area contributed by atoms with Gasteiger partial charge in [-0.25, -0.2) is 4.57 Å². The number of esters is 1. The zero-order chi connectivity index (χ0) is 24.3. The number of rotatable bonds is 7. The summed E-state index contributed by atoms with van der Waals surface area (Å²) in [6.45, 7) is 9.48. The number of carbonyl (C=O) groups excluding carboxylic acids is 1. The topological polar surface area (TPSA) is 82.1 Å². The lowest BCUT2D eigenvalue weighted by Crippen LogP contribution is -2.25. The van der Waals surface area contributed by atoms with E-state index in [9.17, 15) is 14.3 Å². The van der Waals surface area contributed by atoms with E-state index < -0.39 is 13.2 Å². The van der Waals surface area contributed by atoms with Gasteiger partial charge < -0.3 is 13.8 Å². The van der Waals surface area contributed by atoms with Gasteiger partial charge in [0.1, 0.15) is 17.2 Å². The summed E-state index contributed by atoms with van der Waals surface area (Å²) in [7, 11) is -4.43. The van der Waals surface area contributed by atoms with Gasteiger partial charge in [-0.15, -0.1) is 0 Å². The van der Waals surface area contributed by atoms with E-state index in [1.54, 1.807) is 32.9 Å². The molecule has 0 aliphatic rings. The Morgan fingerprint density at radius 2 is 1.12 bits per heavy atom. The van der Waals surface area contributed by atoms with Gasteiger partial charge in [0.05, 0.1) is 5.41 Å². The van der Waals surface area contributed by atoms with Crippen LogP contribution < -0.4 is 13.8 Å². The van der Waals surface area contributed by atoms with Crippen LogP contribution in [0, 0.1) is 5.41 Å². The molecule has 3 aromatic carbocycles. The molecule has 33 heavy (non-hydrogen) atoms. The summed E-state index contributed by atoms with van der Waals surface area (Å²) in [5.41, 5.74) is 1.31. The van der Waals surface area contributed by atoms with Gasteiger partial charge in [0.2, 0.25) is 0 Å². The Kier molecular flexibility index (Phi) is 7.01. The maximum Gasteiger partial charge on any atom is 0.584 e. The number of hydrogen-bond donors (Lipinski definition) is 1. The van der Waals surface area contributed by atoms with E-state index in [0.717, 1.165) is 11.1 Å². The van der Waals surface area contributed by atoms with Gasteiger partial charge in [0, 0.05) is 5.41 Å². The number of phosphoric ester groups is 1. The SMILES string of the molecule is CC(C)(C)C(=O)Oc1ccc(OP(=O)(O)Oc2ccc(C(C)(C)c3ccccc3)cc2)cc1. The predicted octanol–water partition coefficient (Wildman–Crippen LogP) is 6.52. The lowest BCUT2D eigenvalue weighted by atomic mass is 9.78. The summed E-state index contributed by atoms with van der Waals surface area (Å²) in [5, 5.41) is 0. The van der Waals surface area contributed by atoms with Crippen LogP contribution in [-0.4, -0.2) is 10.9 Å². The fourth-order valence-electron chi connectivity index (χ4n) is 3.07.